The molecule has 2 heterocycles. The van der Waals surface area contributed by atoms with Crippen LogP contribution in [0.3, 0.4) is 0 Å². The van der Waals surface area contributed by atoms with Crippen molar-refractivity contribution in [1.82, 2.24) is 9.55 Å². The van der Waals surface area contributed by atoms with Gasteiger partial charge in [-0.2, -0.15) is 0 Å². The molecule has 0 radical (unpaired) electrons. The van der Waals surface area contributed by atoms with E-state index in [1.54, 1.807) is 7.11 Å². The van der Waals surface area contributed by atoms with E-state index in [2.05, 4.69) is 17.2 Å². The van der Waals surface area contributed by atoms with Crippen molar-refractivity contribution in [2.75, 3.05) is 18.6 Å². The highest BCUT2D eigenvalue weighted by Crippen LogP contribution is 2.37. The number of amides is 1. The van der Waals surface area contributed by atoms with Crippen LogP contribution in [0.2, 0.25) is 0 Å². The molecule has 3 aromatic rings. The van der Waals surface area contributed by atoms with Crippen molar-refractivity contribution < 1.29 is 9.53 Å². The highest BCUT2D eigenvalue weighted by Gasteiger charge is 2.35. The average molecular weight is 361 g/mol. The first-order valence-corrected chi connectivity index (χ1v) is 9.11. The normalized spacial score (nSPS) is 16.9. The van der Waals surface area contributed by atoms with Crippen LogP contribution in [0.1, 0.15) is 25.1 Å². The Bertz CT molecular complexity index is 1020. The van der Waals surface area contributed by atoms with E-state index >= 15 is 0 Å². The van der Waals surface area contributed by atoms with Gasteiger partial charge in [-0.05, 0) is 31.2 Å². The van der Waals surface area contributed by atoms with Crippen molar-refractivity contribution in [2.45, 2.75) is 25.8 Å². The maximum Gasteiger partial charge on any atom is 0.227 e. The molecule has 4 rings (SSSR count). The van der Waals surface area contributed by atoms with E-state index in [1.165, 1.54) is 0 Å². The minimum absolute atomic E-state index is 0.0363. The number of hydrogen-bond acceptors (Lipinski definition) is 3. The van der Waals surface area contributed by atoms with Crippen LogP contribution < -0.4 is 9.64 Å². The second-order valence-corrected chi connectivity index (χ2v) is 7.08. The molecule has 0 bridgehead atoms. The highest BCUT2D eigenvalue weighted by molar-refractivity contribution is 5.97. The molecule has 0 spiro atoms. The van der Waals surface area contributed by atoms with Crippen LogP contribution in [-0.4, -0.2) is 29.1 Å². The number of carbonyl (C=O) groups is 1. The Balaban J connectivity index is 1.73. The van der Waals surface area contributed by atoms with Crippen LogP contribution in [-0.2, 0) is 11.3 Å². The molecule has 0 saturated carbocycles. The SMILES string of the molecule is C=C(C)Cn1c(C2CC(=O)N(c3ccccc3OC)C2)nc2ccccc21. The number of ether oxygens (including phenoxy) is 1. The van der Waals surface area contributed by atoms with E-state index in [0.717, 1.165) is 28.1 Å². The van der Waals surface area contributed by atoms with Crippen LogP contribution in [0.5, 0.6) is 5.75 Å². The summed E-state index contributed by atoms with van der Waals surface area (Å²) in [6.07, 6.45) is 0.442. The van der Waals surface area contributed by atoms with Gasteiger partial charge < -0.3 is 14.2 Å². The summed E-state index contributed by atoms with van der Waals surface area (Å²) in [5, 5.41) is 0. The van der Waals surface area contributed by atoms with Crippen molar-refractivity contribution in [3.63, 3.8) is 0 Å². The lowest BCUT2D eigenvalue weighted by molar-refractivity contribution is -0.117. The van der Waals surface area contributed by atoms with Gasteiger partial charge in [0.15, 0.2) is 0 Å². The van der Waals surface area contributed by atoms with Crippen LogP contribution in [0.15, 0.2) is 60.7 Å². The second kappa shape index (κ2) is 6.91. The summed E-state index contributed by atoms with van der Waals surface area (Å²) in [5.41, 5.74) is 3.91. The number of hydrogen-bond donors (Lipinski definition) is 0. The van der Waals surface area contributed by atoms with Gasteiger partial charge in [-0.15, -0.1) is 0 Å². The lowest BCUT2D eigenvalue weighted by Gasteiger charge is -2.19. The zero-order valence-electron chi connectivity index (χ0n) is 15.7. The molecule has 138 valence electrons. The Hall–Kier alpha value is -3.08. The van der Waals surface area contributed by atoms with Crippen molar-refractivity contribution in [3.8, 4) is 5.75 Å². The lowest BCUT2D eigenvalue weighted by atomic mass is 10.1. The number of para-hydroxylation sites is 4. The van der Waals surface area contributed by atoms with Gasteiger partial charge in [-0.1, -0.05) is 36.4 Å². The summed E-state index contributed by atoms with van der Waals surface area (Å²) < 4.78 is 7.64. The largest absolute Gasteiger partial charge is 0.495 e. The number of rotatable bonds is 5. The molecule has 5 nitrogen and oxygen atoms in total. The Labute approximate surface area is 158 Å². The average Bonchev–Trinajstić information content (AvgIpc) is 3.22. The molecule has 0 aliphatic carbocycles. The van der Waals surface area contributed by atoms with E-state index in [-0.39, 0.29) is 11.8 Å². The van der Waals surface area contributed by atoms with E-state index in [9.17, 15) is 4.79 Å². The summed E-state index contributed by atoms with van der Waals surface area (Å²) >= 11 is 0. The van der Waals surface area contributed by atoms with Crippen LogP contribution in [0.4, 0.5) is 5.69 Å². The first-order chi connectivity index (χ1) is 13.1. The number of carbonyl (C=O) groups excluding carboxylic acids is 1. The van der Waals surface area contributed by atoms with Crippen molar-refractivity contribution in [2.24, 2.45) is 0 Å². The van der Waals surface area contributed by atoms with Crippen molar-refractivity contribution in [3.05, 3.63) is 66.5 Å². The molecule has 1 aromatic heterocycles. The molecule has 1 fully saturated rings. The Morgan fingerprint density at radius 3 is 2.74 bits per heavy atom. The summed E-state index contributed by atoms with van der Waals surface area (Å²) in [6, 6.07) is 15.7. The predicted octanol–water partition coefficient (Wildman–Crippen LogP) is 4.14. The Morgan fingerprint density at radius 1 is 1.22 bits per heavy atom. The van der Waals surface area contributed by atoms with Gasteiger partial charge in [0, 0.05) is 25.4 Å². The molecule has 1 saturated heterocycles. The second-order valence-electron chi connectivity index (χ2n) is 7.08. The van der Waals surface area contributed by atoms with Crippen LogP contribution in [0, 0.1) is 0 Å². The Kier molecular flexibility index (Phi) is 4.44. The summed E-state index contributed by atoms with van der Waals surface area (Å²) in [6.45, 7) is 7.38. The maximum absolute atomic E-state index is 12.8. The van der Waals surface area contributed by atoms with Gasteiger partial charge >= 0.3 is 0 Å². The minimum Gasteiger partial charge on any atom is -0.495 e. The number of aromatic nitrogens is 2. The third-order valence-electron chi connectivity index (χ3n) is 4.98. The van der Waals surface area contributed by atoms with Gasteiger partial charge in [0.2, 0.25) is 5.91 Å². The number of anilines is 1. The molecular weight excluding hydrogens is 338 g/mol. The van der Waals surface area contributed by atoms with Gasteiger partial charge in [0.1, 0.15) is 11.6 Å². The molecule has 5 heteroatoms. The molecule has 1 aliphatic rings. The van der Waals surface area contributed by atoms with Crippen molar-refractivity contribution in [1.29, 1.82) is 0 Å². The minimum atomic E-state index is 0.0363. The molecule has 1 unspecified atom stereocenters. The fourth-order valence-electron chi connectivity index (χ4n) is 3.81. The fraction of sp³-hybridized carbons (Fsp3) is 0.273. The molecule has 0 N–H and O–H groups in total. The molecule has 27 heavy (non-hydrogen) atoms. The zero-order valence-corrected chi connectivity index (χ0v) is 15.7. The van der Waals surface area contributed by atoms with Crippen LogP contribution in [0.25, 0.3) is 11.0 Å². The number of allylic oxidation sites excluding steroid dienone is 1. The van der Waals surface area contributed by atoms with Crippen molar-refractivity contribution >= 4 is 22.6 Å². The molecule has 1 amide bonds. The highest BCUT2D eigenvalue weighted by atomic mass is 16.5. The smallest absolute Gasteiger partial charge is 0.227 e. The fourth-order valence-corrected chi connectivity index (χ4v) is 3.81. The van der Waals surface area contributed by atoms with Gasteiger partial charge in [-0.3, -0.25) is 4.79 Å². The third-order valence-corrected chi connectivity index (χ3v) is 4.98. The summed E-state index contributed by atoms with van der Waals surface area (Å²) in [5.74, 6) is 1.79. The lowest BCUT2D eigenvalue weighted by Crippen LogP contribution is -2.25. The van der Waals surface area contributed by atoms with Gasteiger partial charge in [0.25, 0.3) is 0 Å². The van der Waals surface area contributed by atoms with E-state index in [4.69, 9.17) is 9.72 Å². The number of fused-ring (bicyclic) bond motifs is 1. The standard InChI is InChI=1S/C22H23N3O2/c1-15(2)13-25-18-9-5-4-8-17(18)23-22(25)16-12-21(26)24(14-16)19-10-6-7-11-20(19)27-3/h4-11,16H,1,12-14H2,2-3H3. The monoisotopic (exact) mass is 361 g/mol. The van der Waals surface area contributed by atoms with E-state index in [0.29, 0.717) is 25.3 Å². The number of imidazole rings is 1. The number of nitrogens with zero attached hydrogens (tertiary/aromatic N) is 3. The first-order valence-electron chi connectivity index (χ1n) is 9.11. The maximum atomic E-state index is 12.8. The third kappa shape index (κ3) is 3.10. The van der Waals surface area contributed by atoms with E-state index < -0.39 is 0 Å². The zero-order chi connectivity index (χ0) is 19.0. The first kappa shape index (κ1) is 17.3. The molecule has 1 atom stereocenters. The summed E-state index contributed by atoms with van der Waals surface area (Å²) in [4.78, 5) is 19.5. The van der Waals surface area contributed by atoms with Gasteiger partial charge in [-0.25, -0.2) is 4.98 Å². The number of benzene rings is 2. The van der Waals surface area contributed by atoms with Crippen LogP contribution >= 0.6 is 0 Å². The molecule has 1 aliphatic heterocycles. The quantitative estimate of drug-likeness (QED) is 0.642. The predicted molar refractivity (Wildman–Crippen MR) is 107 cm³/mol. The van der Waals surface area contributed by atoms with Gasteiger partial charge in [0.05, 0.1) is 23.8 Å². The molecular formula is C22H23N3O2. The molecule has 2 aromatic carbocycles. The topological polar surface area (TPSA) is 47.4 Å². The summed E-state index contributed by atoms with van der Waals surface area (Å²) in [7, 11) is 1.63. The number of methoxy groups -OCH3 is 1. The Morgan fingerprint density at radius 2 is 1.96 bits per heavy atom. The van der Waals surface area contributed by atoms with E-state index in [1.807, 2.05) is 54.3 Å².